The Morgan fingerprint density at radius 1 is 1.56 bits per heavy atom. The standard InChI is InChI=1S/C11H11BrN4O2/c1-8(10-4-2-3-5-13-10)6-15-7-9(12)11(14-15)16(17)18/h2-5,7-8H,6H2,1H3. The fourth-order valence-electron chi connectivity index (χ4n) is 1.65. The third-order valence-electron chi connectivity index (χ3n) is 2.53. The molecular formula is C11H11BrN4O2. The van der Waals surface area contributed by atoms with Gasteiger partial charge in [0.25, 0.3) is 0 Å². The first-order valence-electron chi connectivity index (χ1n) is 5.36. The molecule has 0 fully saturated rings. The average molecular weight is 311 g/mol. The van der Waals surface area contributed by atoms with E-state index in [1.54, 1.807) is 17.1 Å². The van der Waals surface area contributed by atoms with Crippen molar-refractivity contribution in [3.63, 3.8) is 0 Å². The lowest BCUT2D eigenvalue weighted by molar-refractivity contribution is -0.390. The molecule has 18 heavy (non-hydrogen) atoms. The first-order chi connectivity index (χ1) is 8.58. The number of hydrogen-bond acceptors (Lipinski definition) is 4. The van der Waals surface area contributed by atoms with Crippen molar-refractivity contribution in [2.75, 3.05) is 0 Å². The van der Waals surface area contributed by atoms with E-state index in [1.807, 2.05) is 25.1 Å². The molecule has 6 nitrogen and oxygen atoms in total. The highest BCUT2D eigenvalue weighted by Crippen LogP contribution is 2.23. The van der Waals surface area contributed by atoms with Gasteiger partial charge in [0.05, 0.1) is 17.8 Å². The van der Waals surface area contributed by atoms with Crippen LogP contribution in [0.2, 0.25) is 0 Å². The highest BCUT2D eigenvalue weighted by molar-refractivity contribution is 9.10. The summed E-state index contributed by atoms with van der Waals surface area (Å²) in [5.74, 6) is -0.0270. The quantitative estimate of drug-likeness (QED) is 0.643. The molecule has 0 amide bonds. The second-order valence-corrected chi connectivity index (χ2v) is 4.79. The Morgan fingerprint density at radius 3 is 2.89 bits per heavy atom. The van der Waals surface area contributed by atoms with Gasteiger partial charge >= 0.3 is 5.82 Å². The fraction of sp³-hybridized carbons (Fsp3) is 0.273. The monoisotopic (exact) mass is 310 g/mol. The first kappa shape index (κ1) is 12.7. The average Bonchev–Trinajstić information content (AvgIpc) is 2.71. The van der Waals surface area contributed by atoms with Gasteiger partial charge in [-0.2, -0.15) is 4.68 Å². The van der Waals surface area contributed by atoms with Crippen molar-refractivity contribution >= 4 is 21.7 Å². The molecule has 0 saturated carbocycles. The number of pyridine rings is 1. The highest BCUT2D eigenvalue weighted by atomic mass is 79.9. The summed E-state index contributed by atoms with van der Waals surface area (Å²) in [7, 11) is 0. The van der Waals surface area contributed by atoms with E-state index >= 15 is 0 Å². The predicted octanol–water partition coefficient (Wildman–Crippen LogP) is 2.75. The number of hydrogen-bond donors (Lipinski definition) is 0. The van der Waals surface area contributed by atoms with Crippen LogP contribution in [0, 0.1) is 10.1 Å². The molecule has 0 bridgehead atoms. The lowest BCUT2D eigenvalue weighted by Gasteiger charge is -2.08. The zero-order valence-electron chi connectivity index (χ0n) is 9.65. The second-order valence-electron chi connectivity index (χ2n) is 3.94. The Morgan fingerprint density at radius 2 is 2.33 bits per heavy atom. The van der Waals surface area contributed by atoms with Crippen molar-refractivity contribution in [1.82, 2.24) is 14.8 Å². The van der Waals surface area contributed by atoms with Gasteiger partial charge in [0.15, 0.2) is 0 Å². The molecule has 0 saturated heterocycles. The van der Waals surface area contributed by atoms with Crippen molar-refractivity contribution in [3.8, 4) is 0 Å². The Bertz CT molecular complexity index is 555. The molecule has 0 aromatic carbocycles. The minimum absolute atomic E-state index is 0.137. The van der Waals surface area contributed by atoms with Crippen molar-refractivity contribution in [3.05, 3.63) is 50.9 Å². The summed E-state index contributed by atoms with van der Waals surface area (Å²) in [6, 6.07) is 5.70. The minimum atomic E-state index is -0.508. The zero-order chi connectivity index (χ0) is 13.1. The van der Waals surface area contributed by atoms with Crippen molar-refractivity contribution in [1.29, 1.82) is 0 Å². The van der Waals surface area contributed by atoms with Gasteiger partial charge in [0.1, 0.15) is 4.47 Å². The lowest BCUT2D eigenvalue weighted by Crippen LogP contribution is -2.08. The molecule has 1 unspecified atom stereocenters. The number of rotatable bonds is 4. The molecule has 2 aromatic heterocycles. The van der Waals surface area contributed by atoms with E-state index in [0.29, 0.717) is 11.0 Å². The zero-order valence-corrected chi connectivity index (χ0v) is 11.2. The summed E-state index contributed by atoms with van der Waals surface area (Å²) in [5, 5.41) is 14.6. The van der Waals surface area contributed by atoms with Gasteiger partial charge in [-0.15, -0.1) is 0 Å². The molecule has 2 heterocycles. The first-order valence-corrected chi connectivity index (χ1v) is 6.15. The predicted molar refractivity (Wildman–Crippen MR) is 69.2 cm³/mol. The molecule has 0 spiro atoms. The summed E-state index contributed by atoms with van der Waals surface area (Å²) in [5.41, 5.74) is 0.937. The molecule has 0 aliphatic heterocycles. The van der Waals surface area contributed by atoms with E-state index in [1.165, 1.54) is 0 Å². The van der Waals surface area contributed by atoms with Gasteiger partial charge in [-0.25, -0.2) is 0 Å². The summed E-state index contributed by atoms with van der Waals surface area (Å²) in [4.78, 5) is 14.4. The van der Waals surface area contributed by atoms with Crippen LogP contribution in [0.15, 0.2) is 35.1 Å². The van der Waals surface area contributed by atoms with Crippen LogP contribution in [-0.2, 0) is 6.54 Å². The van der Waals surface area contributed by atoms with Crippen LogP contribution in [0.5, 0.6) is 0 Å². The molecule has 0 radical (unpaired) electrons. The van der Waals surface area contributed by atoms with Crippen LogP contribution >= 0.6 is 15.9 Å². The molecule has 7 heteroatoms. The highest BCUT2D eigenvalue weighted by Gasteiger charge is 2.20. The fourth-order valence-corrected chi connectivity index (χ4v) is 2.11. The Balaban J connectivity index is 2.15. The largest absolute Gasteiger partial charge is 0.404 e. The smallest absolute Gasteiger partial charge is 0.358 e. The number of nitro groups is 1. The minimum Gasteiger partial charge on any atom is -0.358 e. The van der Waals surface area contributed by atoms with Gasteiger partial charge in [-0.1, -0.05) is 13.0 Å². The van der Waals surface area contributed by atoms with Gasteiger partial charge in [-0.3, -0.25) is 4.98 Å². The van der Waals surface area contributed by atoms with Crippen LogP contribution in [0.4, 0.5) is 5.82 Å². The van der Waals surface area contributed by atoms with Gasteiger partial charge in [-0.05, 0) is 33.0 Å². The normalized spacial score (nSPS) is 12.3. The molecular weight excluding hydrogens is 300 g/mol. The number of aromatic nitrogens is 3. The van der Waals surface area contributed by atoms with Gasteiger partial charge in [0, 0.05) is 17.8 Å². The number of halogens is 1. The summed E-state index contributed by atoms with van der Waals surface area (Å²) < 4.78 is 1.95. The summed E-state index contributed by atoms with van der Waals surface area (Å²) in [6.07, 6.45) is 3.34. The van der Waals surface area contributed by atoms with E-state index in [2.05, 4.69) is 26.0 Å². The maximum Gasteiger partial charge on any atom is 0.404 e. The van der Waals surface area contributed by atoms with Crippen LogP contribution in [0.25, 0.3) is 0 Å². The summed E-state index contributed by atoms with van der Waals surface area (Å²) in [6.45, 7) is 2.55. The van der Waals surface area contributed by atoms with E-state index in [9.17, 15) is 10.1 Å². The third kappa shape index (κ3) is 2.73. The lowest BCUT2D eigenvalue weighted by atomic mass is 10.1. The molecule has 2 rings (SSSR count). The third-order valence-corrected chi connectivity index (χ3v) is 3.09. The Labute approximate surface area is 112 Å². The van der Waals surface area contributed by atoms with E-state index in [-0.39, 0.29) is 11.7 Å². The molecule has 0 N–H and O–H groups in total. The van der Waals surface area contributed by atoms with Crippen LogP contribution in [0.1, 0.15) is 18.5 Å². The Kier molecular flexibility index (Phi) is 3.71. The molecule has 0 aliphatic rings. The Hall–Kier alpha value is -1.76. The summed E-state index contributed by atoms with van der Waals surface area (Å²) >= 11 is 3.12. The van der Waals surface area contributed by atoms with Crippen molar-refractivity contribution in [2.24, 2.45) is 0 Å². The second kappa shape index (κ2) is 5.26. The number of nitrogens with zero attached hydrogens (tertiary/aromatic N) is 4. The van der Waals surface area contributed by atoms with E-state index < -0.39 is 4.92 Å². The molecule has 94 valence electrons. The topological polar surface area (TPSA) is 73.8 Å². The van der Waals surface area contributed by atoms with Crippen LogP contribution in [-0.4, -0.2) is 19.7 Å². The van der Waals surface area contributed by atoms with E-state index in [0.717, 1.165) is 5.69 Å². The van der Waals surface area contributed by atoms with Crippen LogP contribution < -0.4 is 0 Å². The van der Waals surface area contributed by atoms with Gasteiger partial charge in [0.2, 0.25) is 0 Å². The van der Waals surface area contributed by atoms with Gasteiger partial charge < -0.3 is 10.1 Å². The SMILES string of the molecule is CC(Cn1cc(Br)c([N+](=O)[O-])n1)c1ccccn1. The van der Waals surface area contributed by atoms with Crippen molar-refractivity contribution < 1.29 is 4.92 Å². The maximum absolute atomic E-state index is 10.7. The molecule has 2 aromatic rings. The molecule has 1 atom stereocenters. The van der Waals surface area contributed by atoms with Crippen molar-refractivity contribution in [2.45, 2.75) is 19.4 Å². The van der Waals surface area contributed by atoms with Crippen LogP contribution in [0.3, 0.4) is 0 Å². The maximum atomic E-state index is 10.7. The molecule has 0 aliphatic carbocycles. The van der Waals surface area contributed by atoms with E-state index in [4.69, 9.17) is 0 Å².